The minimum atomic E-state index is -0.122. The molecular weight excluding hydrogens is 352 g/mol. The van der Waals surface area contributed by atoms with Crippen LogP contribution in [0.4, 0.5) is 5.82 Å². The van der Waals surface area contributed by atoms with Gasteiger partial charge in [-0.2, -0.15) is 0 Å². The highest BCUT2D eigenvalue weighted by Gasteiger charge is 2.19. The summed E-state index contributed by atoms with van der Waals surface area (Å²) in [5.41, 5.74) is 1.95. The fourth-order valence-electron chi connectivity index (χ4n) is 3.39. The number of rotatable bonds is 6. The lowest BCUT2D eigenvalue weighted by Crippen LogP contribution is -2.46. The largest absolute Gasteiger partial charge is 0.467 e. The van der Waals surface area contributed by atoms with Crippen LogP contribution < -0.4 is 10.2 Å². The third-order valence-electron chi connectivity index (χ3n) is 4.96. The third kappa shape index (κ3) is 4.58. The normalized spacial score (nSPS) is 14.8. The second-order valence-corrected chi connectivity index (χ2v) is 6.91. The molecule has 0 aliphatic carbocycles. The van der Waals surface area contributed by atoms with E-state index in [4.69, 9.17) is 4.42 Å². The lowest BCUT2D eigenvalue weighted by molar-refractivity contribution is 0.0948. The van der Waals surface area contributed by atoms with E-state index in [1.54, 1.807) is 18.5 Å². The van der Waals surface area contributed by atoms with Crippen LogP contribution in [0.15, 0.2) is 71.5 Å². The zero-order chi connectivity index (χ0) is 19.2. The molecule has 0 spiro atoms. The highest BCUT2D eigenvalue weighted by molar-refractivity contribution is 5.94. The molecule has 4 rings (SSSR count). The number of carbonyl (C=O) groups is 1. The lowest BCUT2D eigenvalue weighted by Gasteiger charge is -2.35. The molecule has 1 aliphatic heterocycles. The Morgan fingerprint density at radius 2 is 1.86 bits per heavy atom. The van der Waals surface area contributed by atoms with E-state index in [0.29, 0.717) is 12.1 Å². The molecule has 6 nitrogen and oxygen atoms in total. The Balaban J connectivity index is 1.32. The summed E-state index contributed by atoms with van der Waals surface area (Å²) in [5.74, 6) is 1.46. The molecule has 2 aromatic heterocycles. The average Bonchev–Trinajstić information content (AvgIpc) is 3.27. The summed E-state index contributed by atoms with van der Waals surface area (Å²) < 4.78 is 5.25. The molecule has 1 amide bonds. The number of nitrogens with one attached hydrogen (secondary N) is 1. The lowest BCUT2D eigenvalue weighted by atomic mass is 10.2. The summed E-state index contributed by atoms with van der Waals surface area (Å²) in [6.45, 7) is 5.10. The number of hydrogen-bond donors (Lipinski definition) is 1. The number of pyridine rings is 1. The predicted molar refractivity (Wildman–Crippen MR) is 108 cm³/mol. The number of nitrogens with zero attached hydrogens (tertiary/aromatic N) is 3. The summed E-state index contributed by atoms with van der Waals surface area (Å²) in [7, 11) is 0. The minimum absolute atomic E-state index is 0.122. The van der Waals surface area contributed by atoms with Gasteiger partial charge in [-0.15, -0.1) is 0 Å². The van der Waals surface area contributed by atoms with Gasteiger partial charge < -0.3 is 14.6 Å². The monoisotopic (exact) mass is 376 g/mol. The Bertz CT molecular complexity index is 888. The smallest absolute Gasteiger partial charge is 0.251 e. The molecule has 1 fully saturated rings. The van der Waals surface area contributed by atoms with Gasteiger partial charge in [0.05, 0.1) is 12.8 Å². The van der Waals surface area contributed by atoms with Crippen molar-refractivity contribution in [3.8, 4) is 0 Å². The topological polar surface area (TPSA) is 61.6 Å². The van der Waals surface area contributed by atoms with Gasteiger partial charge in [-0.3, -0.25) is 9.69 Å². The second kappa shape index (κ2) is 8.71. The Morgan fingerprint density at radius 3 is 2.61 bits per heavy atom. The summed E-state index contributed by atoms with van der Waals surface area (Å²) in [6.07, 6.45) is 3.30. The van der Waals surface area contributed by atoms with Crippen molar-refractivity contribution in [1.29, 1.82) is 0 Å². The van der Waals surface area contributed by atoms with Crippen molar-refractivity contribution in [3.05, 3.63) is 83.9 Å². The van der Waals surface area contributed by atoms with Crippen LogP contribution in [0.3, 0.4) is 0 Å². The first kappa shape index (κ1) is 18.3. The van der Waals surface area contributed by atoms with Gasteiger partial charge in [0.2, 0.25) is 0 Å². The average molecular weight is 376 g/mol. The maximum absolute atomic E-state index is 12.4. The highest BCUT2D eigenvalue weighted by Crippen LogP contribution is 2.16. The Kier molecular flexibility index (Phi) is 5.68. The molecule has 0 atom stereocenters. The number of anilines is 1. The number of carbonyl (C=O) groups excluding carboxylic acids is 1. The minimum Gasteiger partial charge on any atom is -0.467 e. The Hall–Kier alpha value is -3.12. The molecule has 3 heterocycles. The van der Waals surface area contributed by atoms with Crippen molar-refractivity contribution in [2.75, 3.05) is 31.1 Å². The van der Waals surface area contributed by atoms with Gasteiger partial charge in [0.1, 0.15) is 11.6 Å². The van der Waals surface area contributed by atoms with Crippen LogP contribution in [0.25, 0.3) is 0 Å². The molecule has 0 radical (unpaired) electrons. The Morgan fingerprint density at radius 1 is 1.04 bits per heavy atom. The fourth-order valence-corrected chi connectivity index (χ4v) is 3.39. The number of benzene rings is 1. The summed E-state index contributed by atoms with van der Waals surface area (Å²) in [6, 6.07) is 17.8. The van der Waals surface area contributed by atoms with Crippen molar-refractivity contribution in [2.45, 2.75) is 13.1 Å². The molecule has 3 aromatic rings. The summed E-state index contributed by atoms with van der Waals surface area (Å²) in [4.78, 5) is 21.6. The van der Waals surface area contributed by atoms with Gasteiger partial charge in [-0.1, -0.05) is 30.3 Å². The van der Waals surface area contributed by atoms with E-state index < -0.39 is 0 Å². The first-order chi connectivity index (χ1) is 13.8. The van der Waals surface area contributed by atoms with E-state index in [9.17, 15) is 4.79 Å². The molecular formula is C22H24N4O2. The van der Waals surface area contributed by atoms with Gasteiger partial charge >= 0.3 is 0 Å². The number of aromatic nitrogens is 1. The van der Waals surface area contributed by atoms with Gasteiger partial charge in [0.25, 0.3) is 5.91 Å². The molecule has 0 bridgehead atoms. The Labute approximate surface area is 164 Å². The molecule has 1 N–H and O–H groups in total. The van der Waals surface area contributed by atoms with E-state index in [-0.39, 0.29) is 5.91 Å². The maximum Gasteiger partial charge on any atom is 0.251 e. The molecule has 1 aromatic carbocycles. The second-order valence-electron chi connectivity index (χ2n) is 6.91. The molecule has 28 heavy (non-hydrogen) atoms. The van der Waals surface area contributed by atoms with Crippen molar-refractivity contribution in [3.63, 3.8) is 0 Å². The zero-order valence-electron chi connectivity index (χ0n) is 15.8. The molecule has 0 saturated carbocycles. The molecule has 6 heteroatoms. The van der Waals surface area contributed by atoms with Crippen molar-refractivity contribution in [2.24, 2.45) is 0 Å². The van der Waals surface area contributed by atoms with Crippen LogP contribution in [0.5, 0.6) is 0 Å². The number of piperazine rings is 1. The van der Waals surface area contributed by atoms with E-state index in [1.165, 1.54) is 5.56 Å². The van der Waals surface area contributed by atoms with Crippen LogP contribution in [-0.2, 0) is 13.1 Å². The SMILES string of the molecule is O=C(NCc1ccco1)c1ccnc(N2CCN(Cc3ccccc3)CC2)c1. The maximum atomic E-state index is 12.4. The molecule has 1 aliphatic rings. The van der Waals surface area contributed by atoms with E-state index in [2.05, 4.69) is 44.4 Å². The van der Waals surface area contributed by atoms with E-state index in [1.807, 2.05) is 24.3 Å². The number of amides is 1. The standard InChI is InChI=1S/C22H24N4O2/c27-22(24-16-20-7-4-14-28-20)19-8-9-23-21(15-19)26-12-10-25(11-13-26)17-18-5-2-1-3-6-18/h1-9,14-15H,10-13,16-17H2,(H,24,27). The predicted octanol–water partition coefficient (Wildman–Crippen LogP) is 2.93. The number of furan rings is 1. The third-order valence-corrected chi connectivity index (χ3v) is 4.96. The highest BCUT2D eigenvalue weighted by atomic mass is 16.3. The van der Waals surface area contributed by atoms with Gasteiger partial charge in [0, 0.05) is 44.5 Å². The van der Waals surface area contributed by atoms with Crippen LogP contribution in [0.1, 0.15) is 21.7 Å². The van der Waals surface area contributed by atoms with Gasteiger partial charge in [-0.05, 0) is 29.8 Å². The molecule has 1 saturated heterocycles. The van der Waals surface area contributed by atoms with Gasteiger partial charge in [-0.25, -0.2) is 4.98 Å². The van der Waals surface area contributed by atoms with Crippen LogP contribution in [0.2, 0.25) is 0 Å². The van der Waals surface area contributed by atoms with Crippen molar-refractivity contribution < 1.29 is 9.21 Å². The molecule has 144 valence electrons. The fraction of sp³-hybridized carbons (Fsp3) is 0.273. The molecule has 0 unspecified atom stereocenters. The first-order valence-electron chi connectivity index (χ1n) is 9.56. The van der Waals surface area contributed by atoms with E-state index in [0.717, 1.165) is 44.3 Å². The van der Waals surface area contributed by atoms with E-state index >= 15 is 0 Å². The summed E-state index contributed by atoms with van der Waals surface area (Å²) in [5, 5.41) is 2.88. The van der Waals surface area contributed by atoms with Crippen LogP contribution in [0, 0.1) is 0 Å². The zero-order valence-corrected chi connectivity index (χ0v) is 15.8. The van der Waals surface area contributed by atoms with Crippen LogP contribution >= 0.6 is 0 Å². The summed E-state index contributed by atoms with van der Waals surface area (Å²) >= 11 is 0. The van der Waals surface area contributed by atoms with Gasteiger partial charge in [0.15, 0.2) is 0 Å². The van der Waals surface area contributed by atoms with Crippen LogP contribution in [-0.4, -0.2) is 42.0 Å². The first-order valence-corrected chi connectivity index (χ1v) is 9.56. The van der Waals surface area contributed by atoms with Crippen molar-refractivity contribution in [1.82, 2.24) is 15.2 Å². The quantitative estimate of drug-likeness (QED) is 0.717. The van der Waals surface area contributed by atoms with Crippen molar-refractivity contribution >= 4 is 11.7 Å². The number of hydrogen-bond acceptors (Lipinski definition) is 5.